The van der Waals surface area contributed by atoms with Gasteiger partial charge in [-0.2, -0.15) is 4.52 Å². The minimum atomic E-state index is -0.378. The maximum absolute atomic E-state index is 12.1. The number of amides is 2. The highest BCUT2D eigenvalue weighted by atomic mass is 32.2. The molecule has 4 aromatic rings. The highest BCUT2D eigenvalue weighted by Gasteiger charge is 2.14. The second-order valence-electron chi connectivity index (χ2n) is 5.96. The first-order valence-corrected chi connectivity index (χ1v) is 9.49. The Kier molecular flexibility index (Phi) is 4.90. The van der Waals surface area contributed by atoms with E-state index in [1.54, 1.807) is 28.8 Å². The maximum atomic E-state index is 12.1. The predicted octanol–water partition coefficient (Wildman–Crippen LogP) is 2.14. The van der Waals surface area contributed by atoms with Crippen LogP contribution < -0.4 is 10.9 Å². The third kappa shape index (κ3) is 3.65. The van der Waals surface area contributed by atoms with Crippen LogP contribution in [0.2, 0.25) is 0 Å². The van der Waals surface area contributed by atoms with Crippen molar-refractivity contribution in [2.45, 2.75) is 12.1 Å². The maximum Gasteiger partial charge on any atom is 0.269 e. The molecular weight excluding hydrogens is 376 g/mol. The highest BCUT2D eigenvalue weighted by Crippen LogP contribution is 2.23. The Morgan fingerprint density at radius 1 is 1.00 bits per heavy atom. The molecule has 0 radical (unpaired) electrons. The summed E-state index contributed by atoms with van der Waals surface area (Å²) in [6.07, 6.45) is 0. The normalized spacial score (nSPS) is 10.9. The van der Waals surface area contributed by atoms with Crippen LogP contribution in [0.15, 0.2) is 59.8 Å². The molecule has 0 bridgehead atoms. The molecule has 0 aliphatic carbocycles. The zero-order valence-electron chi connectivity index (χ0n) is 14.9. The number of hydrogen-bond donors (Lipinski definition) is 2. The third-order valence-electron chi connectivity index (χ3n) is 3.94. The zero-order valence-corrected chi connectivity index (χ0v) is 15.7. The van der Waals surface area contributed by atoms with Crippen LogP contribution in [0.4, 0.5) is 0 Å². The van der Waals surface area contributed by atoms with Crippen molar-refractivity contribution in [1.82, 2.24) is 30.4 Å². The van der Waals surface area contributed by atoms with Gasteiger partial charge in [0.15, 0.2) is 10.8 Å². The number of aromatic nitrogens is 4. The summed E-state index contributed by atoms with van der Waals surface area (Å²) < 4.78 is 1.64. The van der Waals surface area contributed by atoms with Crippen LogP contribution in [0.25, 0.3) is 16.6 Å². The van der Waals surface area contributed by atoms with E-state index >= 15 is 0 Å². The summed E-state index contributed by atoms with van der Waals surface area (Å²) in [5.41, 5.74) is 6.75. The molecule has 2 N–H and O–H groups in total. The van der Waals surface area contributed by atoms with Gasteiger partial charge in [-0.1, -0.05) is 42.1 Å². The minimum Gasteiger partial charge on any atom is -0.272 e. The zero-order chi connectivity index (χ0) is 19.5. The van der Waals surface area contributed by atoms with Crippen molar-refractivity contribution >= 4 is 40.1 Å². The number of carbonyl (C=O) groups excluding carboxylic acids is 2. The number of para-hydroxylation sites is 1. The molecule has 2 amide bonds. The number of nitrogens with zero attached hydrogens (tertiary/aromatic N) is 4. The van der Waals surface area contributed by atoms with Crippen molar-refractivity contribution in [2.24, 2.45) is 0 Å². The Morgan fingerprint density at radius 2 is 1.75 bits per heavy atom. The summed E-state index contributed by atoms with van der Waals surface area (Å²) in [4.78, 5) is 33.2. The highest BCUT2D eigenvalue weighted by molar-refractivity contribution is 7.99. The molecule has 9 heteroatoms. The Hall–Kier alpha value is -3.46. The lowest BCUT2D eigenvalue weighted by Gasteiger charge is -2.08. The smallest absolute Gasteiger partial charge is 0.269 e. The van der Waals surface area contributed by atoms with E-state index in [0.717, 1.165) is 10.9 Å². The van der Waals surface area contributed by atoms with E-state index in [0.29, 0.717) is 22.2 Å². The Balaban J connectivity index is 1.46. The van der Waals surface area contributed by atoms with Gasteiger partial charge in [-0.05, 0) is 31.2 Å². The largest absolute Gasteiger partial charge is 0.272 e. The van der Waals surface area contributed by atoms with Gasteiger partial charge in [0.2, 0.25) is 5.91 Å². The van der Waals surface area contributed by atoms with Gasteiger partial charge >= 0.3 is 0 Å². The van der Waals surface area contributed by atoms with Gasteiger partial charge in [-0.15, -0.1) is 5.10 Å². The fraction of sp³-hybridized carbons (Fsp3) is 0.105. The molecule has 0 aliphatic heterocycles. The standard InChI is InChI=1S/C19H16N6O2S/c1-12-20-17-14-9-5-6-10-15(14)21-19(25(17)24-12)28-11-16(26)22-23-18(27)13-7-3-2-4-8-13/h2-10H,11H2,1H3,(H,22,26)(H,23,27). The molecule has 0 aliphatic rings. The summed E-state index contributed by atoms with van der Waals surface area (Å²) >= 11 is 1.22. The summed E-state index contributed by atoms with van der Waals surface area (Å²) in [5.74, 6) is -0.0418. The predicted molar refractivity (Wildman–Crippen MR) is 106 cm³/mol. The summed E-state index contributed by atoms with van der Waals surface area (Å²) in [5, 5.41) is 5.83. The topological polar surface area (TPSA) is 101 Å². The van der Waals surface area contributed by atoms with E-state index in [2.05, 4.69) is 25.9 Å². The van der Waals surface area contributed by atoms with Crippen molar-refractivity contribution < 1.29 is 9.59 Å². The van der Waals surface area contributed by atoms with Crippen molar-refractivity contribution in [2.75, 3.05) is 5.75 Å². The third-order valence-corrected chi connectivity index (χ3v) is 4.87. The molecule has 28 heavy (non-hydrogen) atoms. The van der Waals surface area contributed by atoms with Crippen molar-refractivity contribution in [1.29, 1.82) is 0 Å². The molecule has 0 spiro atoms. The van der Waals surface area contributed by atoms with Crippen LogP contribution >= 0.6 is 11.8 Å². The number of rotatable bonds is 4. The Morgan fingerprint density at radius 3 is 2.57 bits per heavy atom. The van der Waals surface area contributed by atoms with E-state index in [9.17, 15) is 9.59 Å². The molecule has 8 nitrogen and oxygen atoms in total. The van der Waals surface area contributed by atoms with Crippen LogP contribution in [0.5, 0.6) is 0 Å². The average Bonchev–Trinajstić information content (AvgIpc) is 3.12. The molecule has 2 aromatic carbocycles. The number of nitrogens with one attached hydrogen (secondary N) is 2. The fourth-order valence-electron chi connectivity index (χ4n) is 2.68. The van der Waals surface area contributed by atoms with Gasteiger partial charge in [0.1, 0.15) is 5.82 Å². The fourth-order valence-corrected chi connectivity index (χ4v) is 3.43. The van der Waals surface area contributed by atoms with E-state index in [1.165, 1.54) is 11.8 Å². The molecule has 4 rings (SSSR count). The van der Waals surface area contributed by atoms with E-state index in [1.807, 2.05) is 37.3 Å². The van der Waals surface area contributed by atoms with Crippen molar-refractivity contribution in [3.8, 4) is 0 Å². The number of thioether (sulfide) groups is 1. The number of hydrazine groups is 1. The second-order valence-corrected chi connectivity index (χ2v) is 6.91. The van der Waals surface area contributed by atoms with Gasteiger partial charge in [0.05, 0.1) is 11.3 Å². The van der Waals surface area contributed by atoms with Crippen LogP contribution in [-0.4, -0.2) is 37.1 Å². The van der Waals surface area contributed by atoms with Gasteiger partial charge in [0, 0.05) is 10.9 Å². The number of fused-ring (bicyclic) bond motifs is 3. The molecule has 0 saturated carbocycles. The van der Waals surface area contributed by atoms with Crippen LogP contribution in [-0.2, 0) is 4.79 Å². The minimum absolute atomic E-state index is 0.0639. The summed E-state index contributed by atoms with van der Waals surface area (Å²) in [7, 11) is 0. The number of hydrogen-bond acceptors (Lipinski definition) is 6. The second kappa shape index (κ2) is 7.65. The average molecular weight is 392 g/mol. The molecule has 0 unspecified atom stereocenters. The van der Waals surface area contributed by atoms with E-state index in [4.69, 9.17) is 0 Å². The number of aryl methyl sites for hydroxylation is 1. The van der Waals surface area contributed by atoms with E-state index in [-0.39, 0.29) is 17.6 Å². The lowest BCUT2D eigenvalue weighted by Crippen LogP contribution is -2.42. The monoisotopic (exact) mass is 392 g/mol. The van der Waals surface area contributed by atoms with Gasteiger partial charge < -0.3 is 0 Å². The van der Waals surface area contributed by atoms with Crippen LogP contribution in [0.1, 0.15) is 16.2 Å². The van der Waals surface area contributed by atoms with Crippen LogP contribution in [0.3, 0.4) is 0 Å². The first-order chi connectivity index (χ1) is 13.6. The van der Waals surface area contributed by atoms with Gasteiger partial charge in [-0.3, -0.25) is 20.4 Å². The molecule has 2 aromatic heterocycles. The SMILES string of the molecule is Cc1nc2c3ccccc3nc(SCC(=O)NNC(=O)c3ccccc3)n2n1. The lowest BCUT2D eigenvalue weighted by atomic mass is 10.2. The number of benzene rings is 2. The molecule has 0 fully saturated rings. The Bertz CT molecular complexity index is 1180. The van der Waals surface area contributed by atoms with Crippen LogP contribution in [0, 0.1) is 6.92 Å². The van der Waals surface area contributed by atoms with Crippen molar-refractivity contribution in [3.05, 3.63) is 66.0 Å². The molecule has 0 saturated heterocycles. The Labute approximate surface area is 164 Å². The summed E-state index contributed by atoms with van der Waals surface area (Å²) in [6.45, 7) is 1.81. The molecule has 2 heterocycles. The molecule has 0 atom stereocenters. The van der Waals surface area contributed by atoms with Crippen molar-refractivity contribution in [3.63, 3.8) is 0 Å². The first kappa shape index (κ1) is 17.9. The lowest BCUT2D eigenvalue weighted by molar-refractivity contribution is -0.119. The molecule has 140 valence electrons. The first-order valence-electron chi connectivity index (χ1n) is 8.51. The molecular formula is C19H16N6O2S. The van der Waals surface area contributed by atoms with Gasteiger partial charge in [-0.25, -0.2) is 9.97 Å². The summed E-state index contributed by atoms with van der Waals surface area (Å²) in [6, 6.07) is 16.3. The quantitative estimate of drug-likeness (QED) is 0.313. The number of carbonyl (C=O) groups is 2. The van der Waals surface area contributed by atoms with Gasteiger partial charge in [0.25, 0.3) is 5.91 Å². The van der Waals surface area contributed by atoms with E-state index < -0.39 is 0 Å².